The van der Waals surface area contributed by atoms with Gasteiger partial charge in [0.05, 0.1) is 13.7 Å². The molecule has 0 saturated heterocycles. The first kappa shape index (κ1) is 15.3. The molecule has 0 spiro atoms. The number of benzene rings is 1. The van der Waals surface area contributed by atoms with Crippen molar-refractivity contribution in [1.29, 1.82) is 0 Å². The number of methoxy groups -OCH3 is 1. The third kappa shape index (κ3) is 5.05. The van der Waals surface area contributed by atoms with Crippen molar-refractivity contribution >= 4 is 0 Å². The molecule has 7 heteroatoms. The van der Waals surface area contributed by atoms with Crippen LogP contribution in [0.4, 0.5) is 0 Å². The van der Waals surface area contributed by atoms with Crippen molar-refractivity contribution in [3.63, 3.8) is 0 Å². The number of aromatic nitrogens is 3. The summed E-state index contributed by atoms with van der Waals surface area (Å²) >= 11 is 0. The lowest BCUT2D eigenvalue weighted by molar-refractivity contribution is 0.106. The Morgan fingerprint density at radius 2 is 2.00 bits per heavy atom. The lowest BCUT2D eigenvalue weighted by Crippen LogP contribution is -2.31. The SMILES string of the molecule is COc1ccc(OCC(O)CNCc2ncn(C)n2)cc1. The van der Waals surface area contributed by atoms with Gasteiger partial charge in [0.1, 0.15) is 30.5 Å². The maximum atomic E-state index is 9.84. The zero-order valence-electron chi connectivity index (χ0n) is 12.2. The summed E-state index contributed by atoms with van der Waals surface area (Å²) in [5.74, 6) is 2.16. The van der Waals surface area contributed by atoms with E-state index in [1.165, 1.54) is 0 Å². The van der Waals surface area contributed by atoms with Crippen LogP contribution in [0.5, 0.6) is 11.5 Å². The standard InChI is InChI=1S/C14H20N4O3/c1-18-10-16-14(17-18)8-15-7-11(19)9-21-13-5-3-12(20-2)4-6-13/h3-6,10-11,15,19H,7-9H2,1-2H3. The molecule has 1 aromatic heterocycles. The van der Waals surface area contributed by atoms with Crippen molar-refractivity contribution in [2.75, 3.05) is 20.3 Å². The highest BCUT2D eigenvalue weighted by Crippen LogP contribution is 2.16. The van der Waals surface area contributed by atoms with E-state index in [1.807, 2.05) is 19.2 Å². The number of rotatable bonds is 8. The molecule has 21 heavy (non-hydrogen) atoms. The van der Waals surface area contributed by atoms with Gasteiger partial charge in [0, 0.05) is 13.6 Å². The van der Waals surface area contributed by atoms with Crippen LogP contribution in [0.15, 0.2) is 30.6 Å². The fourth-order valence-electron chi connectivity index (χ4n) is 1.74. The first-order valence-electron chi connectivity index (χ1n) is 6.67. The molecule has 2 rings (SSSR count). The van der Waals surface area contributed by atoms with Crippen LogP contribution in [0.2, 0.25) is 0 Å². The molecule has 1 heterocycles. The summed E-state index contributed by atoms with van der Waals surface area (Å²) in [6.45, 7) is 1.14. The molecule has 0 aliphatic rings. The molecule has 1 atom stereocenters. The van der Waals surface area contributed by atoms with Crippen LogP contribution < -0.4 is 14.8 Å². The molecule has 0 saturated carbocycles. The monoisotopic (exact) mass is 292 g/mol. The number of nitrogens with zero attached hydrogens (tertiary/aromatic N) is 3. The van der Waals surface area contributed by atoms with Gasteiger partial charge in [-0.1, -0.05) is 0 Å². The highest BCUT2D eigenvalue weighted by Gasteiger charge is 2.06. The highest BCUT2D eigenvalue weighted by molar-refractivity contribution is 5.31. The normalized spacial score (nSPS) is 12.1. The number of hydrogen-bond acceptors (Lipinski definition) is 6. The lowest BCUT2D eigenvalue weighted by Gasteiger charge is -2.13. The van der Waals surface area contributed by atoms with Crippen LogP contribution in [-0.2, 0) is 13.6 Å². The van der Waals surface area contributed by atoms with Crippen molar-refractivity contribution in [2.45, 2.75) is 12.6 Å². The molecule has 1 aromatic carbocycles. The Hall–Kier alpha value is -2.12. The zero-order valence-corrected chi connectivity index (χ0v) is 12.2. The number of ether oxygens (including phenoxy) is 2. The van der Waals surface area contributed by atoms with Crippen molar-refractivity contribution in [1.82, 2.24) is 20.1 Å². The Morgan fingerprint density at radius 1 is 1.29 bits per heavy atom. The van der Waals surface area contributed by atoms with Crippen molar-refractivity contribution in [3.05, 3.63) is 36.4 Å². The van der Waals surface area contributed by atoms with Gasteiger partial charge >= 0.3 is 0 Å². The lowest BCUT2D eigenvalue weighted by atomic mass is 10.3. The van der Waals surface area contributed by atoms with Crippen molar-refractivity contribution in [2.24, 2.45) is 7.05 Å². The molecule has 1 unspecified atom stereocenters. The highest BCUT2D eigenvalue weighted by atomic mass is 16.5. The predicted octanol–water partition coefficient (Wildman–Crippen LogP) is 0.353. The molecule has 114 valence electrons. The van der Waals surface area contributed by atoms with Crippen LogP contribution >= 0.6 is 0 Å². The summed E-state index contributed by atoms with van der Waals surface area (Å²) in [5.41, 5.74) is 0. The third-order valence-electron chi connectivity index (χ3n) is 2.81. The largest absolute Gasteiger partial charge is 0.497 e. The number of nitrogens with one attached hydrogen (secondary N) is 1. The van der Waals surface area contributed by atoms with Gasteiger partial charge < -0.3 is 19.9 Å². The molecule has 0 aliphatic carbocycles. The number of aryl methyl sites for hydroxylation is 1. The third-order valence-corrected chi connectivity index (χ3v) is 2.81. The molecular weight excluding hydrogens is 272 g/mol. The Balaban J connectivity index is 1.65. The molecule has 0 amide bonds. The Kier molecular flexibility index (Phi) is 5.53. The van der Waals surface area contributed by atoms with E-state index in [-0.39, 0.29) is 6.61 Å². The van der Waals surface area contributed by atoms with Crippen LogP contribution in [0, 0.1) is 0 Å². The van der Waals surface area contributed by atoms with E-state index in [9.17, 15) is 5.11 Å². The molecule has 7 nitrogen and oxygen atoms in total. The van der Waals surface area contributed by atoms with Gasteiger partial charge in [0.25, 0.3) is 0 Å². The fourth-order valence-corrected chi connectivity index (χ4v) is 1.74. The van der Waals surface area contributed by atoms with E-state index in [0.717, 1.165) is 5.75 Å². The number of aliphatic hydroxyl groups is 1. The summed E-state index contributed by atoms with van der Waals surface area (Å²) < 4.78 is 12.2. The molecular formula is C14H20N4O3. The summed E-state index contributed by atoms with van der Waals surface area (Å²) in [4.78, 5) is 4.09. The van der Waals surface area contributed by atoms with Gasteiger partial charge in [-0.05, 0) is 24.3 Å². The Labute approximate surface area is 123 Å². The molecule has 2 aromatic rings. The summed E-state index contributed by atoms with van der Waals surface area (Å²) in [6, 6.07) is 7.23. The summed E-state index contributed by atoms with van der Waals surface area (Å²) in [5, 5.41) is 17.1. The first-order valence-corrected chi connectivity index (χ1v) is 6.67. The topological polar surface area (TPSA) is 81.4 Å². The predicted molar refractivity (Wildman–Crippen MR) is 77.2 cm³/mol. The van der Waals surface area contributed by atoms with Gasteiger partial charge in [0.2, 0.25) is 0 Å². The second kappa shape index (κ2) is 7.61. The minimum absolute atomic E-state index is 0.217. The fraction of sp³-hybridized carbons (Fsp3) is 0.429. The molecule has 0 radical (unpaired) electrons. The van der Waals surface area contributed by atoms with E-state index in [2.05, 4.69) is 15.4 Å². The Bertz CT molecular complexity index is 541. The molecule has 0 aliphatic heterocycles. The smallest absolute Gasteiger partial charge is 0.164 e. The minimum atomic E-state index is -0.601. The van der Waals surface area contributed by atoms with Gasteiger partial charge in [0.15, 0.2) is 5.82 Å². The second-order valence-corrected chi connectivity index (χ2v) is 4.61. The molecule has 2 N–H and O–H groups in total. The minimum Gasteiger partial charge on any atom is -0.497 e. The van der Waals surface area contributed by atoms with E-state index in [4.69, 9.17) is 9.47 Å². The molecule has 0 fully saturated rings. The maximum Gasteiger partial charge on any atom is 0.164 e. The van der Waals surface area contributed by atoms with E-state index in [1.54, 1.807) is 30.3 Å². The summed E-state index contributed by atoms with van der Waals surface area (Å²) in [7, 11) is 3.43. The quantitative estimate of drug-likeness (QED) is 0.731. The van der Waals surface area contributed by atoms with Gasteiger partial charge in [-0.25, -0.2) is 4.98 Å². The van der Waals surface area contributed by atoms with Crippen LogP contribution in [0.25, 0.3) is 0 Å². The first-order chi connectivity index (χ1) is 10.2. The van der Waals surface area contributed by atoms with E-state index < -0.39 is 6.10 Å². The van der Waals surface area contributed by atoms with Crippen LogP contribution in [-0.4, -0.2) is 46.2 Å². The van der Waals surface area contributed by atoms with Crippen molar-refractivity contribution < 1.29 is 14.6 Å². The van der Waals surface area contributed by atoms with E-state index >= 15 is 0 Å². The van der Waals surface area contributed by atoms with Gasteiger partial charge in [-0.15, -0.1) is 0 Å². The van der Waals surface area contributed by atoms with E-state index in [0.29, 0.717) is 24.7 Å². The average Bonchev–Trinajstić information content (AvgIpc) is 2.91. The Morgan fingerprint density at radius 3 is 2.62 bits per heavy atom. The second-order valence-electron chi connectivity index (χ2n) is 4.61. The summed E-state index contributed by atoms with van der Waals surface area (Å²) in [6.07, 6.45) is 1.04. The number of aliphatic hydroxyl groups excluding tert-OH is 1. The zero-order chi connectivity index (χ0) is 15.1. The van der Waals surface area contributed by atoms with Crippen molar-refractivity contribution in [3.8, 4) is 11.5 Å². The van der Waals surface area contributed by atoms with Gasteiger partial charge in [-0.2, -0.15) is 5.10 Å². The maximum absolute atomic E-state index is 9.84. The average molecular weight is 292 g/mol. The van der Waals surface area contributed by atoms with Crippen LogP contribution in [0.1, 0.15) is 5.82 Å². The molecule has 0 bridgehead atoms. The number of hydrogen-bond donors (Lipinski definition) is 2. The van der Waals surface area contributed by atoms with Gasteiger partial charge in [-0.3, -0.25) is 4.68 Å². The van der Waals surface area contributed by atoms with Crippen LogP contribution in [0.3, 0.4) is 0 Å².